The molecule has 0 fully saturated rings. The first-order chi connectivity index (χ1) is 9.54. The number of hydrogen-bond acceptors (Lipinski definition) is 5. The van der Waals surface area contributed by atoms with Gasteiger partial charge in [-0.3, -0.25) is 0 Å². The van der Waals surface area contributed by atoms with Gasteiger partial charge in [0.15, 0.2) is 0 Å². The van der Waals surface area contributed by atoms with Gasteiger partial charge in [-0.25, -0.2) is 0 Å². The minimum atomic E-state index is -0.289. The lowest BCUT2D eigenvalue weighted by molar-refractivity contribution is 0.291. The van der Waals surface area contributed by atoms with Crippen LogP contribution in [0.2, 0.25) is 0 Å². The van der Waals surface area contributed by atoms with E-state index >= 15 is 0 Å². The Labute approximate surface area is 119 Å². The summed E-state index contributed by atoms with van der Waals surface area (Å²) < 4.78 is 10.8. The van der Waals surface area contributed by atoms with Gasteiger partial charge >= 0.3 is 0 Å². The largest absolute Gasteiger partial charge is 0.496 e. The lowest BCUT2D eigenvalue weighted by Crippen LogP contribution is -2.31. The molecule has 2 aromatic rings. The molecule has 0 saturated heterocycles. The van der Waals surface area contributed by atoms with Crippen molar-refractivity contribution in [1.29, 1.82) is 0 Å². The highest BCUT2D eigenvalue weighted by atomic mass is 16.5. The van der Waals surface area contributed by atoms with E-state index in [1.165, 1.54) is 0 Å². The van der Waals surface area contributed by atoms with Crippen molar-refractivity contribution in [2.75, 3.05) is 13.7 Å². The topological polar surface area (TPSA) is 74.2 Å². The molecule has 108 valence electrons. The molecule has 1 aromatic carbocycles. The van der Waals surface area contributed by atoms with E-state index in [0.29, 0.717) is 18.3 Å². The van der Waals surface area contributed by atoms with Crippen LogP contribution in [-0.2, 0) is 5.41 Å². The molecule has 1 unspecified atom stereocenters. The van der Waals surface area contributed by atoms with E-state index in [1.54, 1.807) is 7.11 Å². The van der Waals surface area contributed by atoms with Gasteiger partial charge in [0, 0.05) is 6.54 Å². The molecule has 1 aromatic heterocycles. The maximum absolute atomic E-state index is 5.82. The lowest BCUT2D eigenvalue weighted by atomic mass is 9.88. The Bertz CT molecular complexity index is 589. The fourth-order valence-electron chi connectivity index (χ4n) is 1.94. The average Bonchev–Trinajstić information content (AvgIpc) is 2.96. The van der Waals surface area contributed by atoms with E-state index in [0.717, 1.165) is 23.3 Å². The molecular formula is C15H21N3O2. The second-order valence-electron chi connectivity index (χ2n) is 5.25. The molecular weight excluding hydrogens is 254 g/mol. The van der Waals surface area contributed by atoms with Gasteiger partial charge in [0.2, 0.25) is 11.7 Å². The third-order valence-electron chi connectivity index (χ3n) is 3.77. The highest BCUT2D eigenvalue weighted by Crippen LogP contribution is 2.31. The number of hydrogen-bond donors (Lipinski definition) is 1. The summed E-state index contributed by atoms with van der Waals surface area (Å²) in [6.45, 7) is 6.56. The van der Waals surface area contributed by atoms with Crippen molar-refractivity contribution in [3.05, 3.63) is 29.7 Å². The van der Waals surface area contributed by atoms with Gasteiger partial charge in [-0.2, -0.15) is 4.98 Å². The van der Waals surface area contributed by atoms with E-state index in [4.69, 9.17) is 15.0 Å². The van der Waals surface area contributed by atoms with Crippen molar-refractivity contribution in [3.8, 4) is 17.1 Å². The van der Waals surface area contributed by atoms with Crippen molar-refractivity contribution in [1.82, 2.24) is 10.1 Å². The van der Waals surface area contributed by atoms with Crippen LogP contribution in [-0.4, -0.2) is 23.8 Å². The highest BCUT2D eigenvalue weighted by Gasteiger charge is 2.30. The number of nitrogens with zero attached hydrogens (tertiary/aromatic N) is 2. The standard InChI is InChI=1S/C15H21N3O2/c1-5-15(3,9-16)14-17-13(18-20-14)11-7-6-10(2)8-12(11)19-4/h6-8H,5,9,16H2,1-4H3. The summed E-state index contributed by atoms with van der Waals surface area (Å²) >= 11 is 0. The van der Waals surface area contributed by atoms with E-state index in [2.05, 4.69) is 17.1 Å². The van der Waals surface area contributed by atoms with Crippen LogP contribution >= 0.6 is 0 Å². The quantitative estimate of drug-likeness (QED) is 0.908. The number of nitrogens with two attached hydrogens (primary N) is 1. The molecule has 0 amide bonds. The molecule has 2 N–H and O–H groups in total. The maximum Gasteiger partial charge on any atom is 0.234 e. The Morgan fingerprint density at radius 3 is 2.75 bits per heavy atom. The number of ether oxygens (including phenoxy) is 1. The second-order valence-corrected chi connectivity index (χ2v) is 5.25. The van der Waals surface area contributed by atoms with Gasteiger partial charge in [0.05, 0.1) is 18.1 Å². The number of benzene rings is 1. The summed E-state index contributed by atoms with van der Waals surface area (Å²) in [6.07, 6.45) is 0.843. The molecule has 1 atom stereocenters. The second kappa shape index (κ2) is 5.63. The Morgan fingerprint density at radius 1 is 1.40 bits per heavy atom. The van der Waals surface area contributed by atoms with Crippen LogP contribution in [0.3, 0.4) is 0 Å². The number of aryl methyl sites for hydroxylation is 1. The van der Waals surface area contributed by atoms with Gasteiger partial charge in [0.1, 0.15) is 5.75 Å². The molecule has 0 saturated carbocycles. The van der Waals surface area contributed by atoms with E-state index < -0.39 is 0 Å². The van der Waals surface area contributed by atoms with Crippen molar-refractivity contribution in [2.45, 2.75) is 32.6 Å². The number of methoxy groups -OCH3 is 1. The predicted molar refractivity (Wildman–Crippen MR) is 77.7 cm³/mol. The van der Waals surface area contributed by atoms with Crippen molar-refractivity contribution < 1.29 is 9.26 Å². The van der Waals surface area contributed by atoms with Crippen LogP contribution in [0.4, 0.5) is 0 Å². The van der Waals surface area contributed by atoms with Gasteiger partial charge in [0.25, 0.3) is 0 Å². The fourth-order valence-corrected chi connectivity index (χ4v) is 1.94. The summed E-state index contributed by atoms with van der Waals surface area (Å²) in [5.41, 5.74) is 7.48. The third-order valence-corrected chi connectivity index (χ3v) is 3.77. The monoisotopic (exact) mass is 275 g/mol. The molecule has 0 aliphatic heterocycles. The number of aromatic nitrogens is 2. The zero-order chi connectivity index (χ0) is 14.8. The highest BCUT2D eigenvalue weighted by molar-refractivity contribution is 5.64. The third kappa shape index (κ3) is 2.54. The Balaban J connectivity index is 2.43. The molecule has 20 heavy (non-hydrogen) atoms. The maximum atomic E-state index is 5.82. The average molecular weight is 275 g/mol. The SMILES string of the molecule is CCC(C)(CN)c1nc(-c2ccc(C)cc2OC)no1. The molecule has 0 aliphatic rings. The minimum absolute atomic E-state index is 0.289. The molecule has 5 heteroatoms. The first-order valence-corrected chi connectivity index (χ1v) is 6.73. The lowest BCUT2D eigenvalue weighted by Gasteiger charge is -2.20. The first-order valence-electron chi connectivity index (χ1n) is 6.73. The van der Waals surface area contributed by atoms with E-state index in [-0.39, 0.29) is 5.41 Å². The molecule has 0 bridgehead atoms. The van der Waals surface area contributed by atoms with Crippen LogP contribution in [0.15, 0.2) is 22.7 Å². The Morgan fingerprint density at radius 2 is 2.15 bits per heavy atom. The zero-order valence-electron chi connectivity index (χ0n) is 12.4. The van der Waals surface area contributed by atoms with E-state index in [1.807, 2.05) is 32.0 Å². The van der Waals surface area contributed by atoms with Crippen LogP contribution < -0.4 is 10.5 Å². The van der Waals surface area contributed by atoms with Crippen LogP contribution in [0, 0.1) is 6.92 Å². The molecule has 0 radical (unpaired) electrons. The van der Waals surface area contributed by atoms with Crippen LogP contribution in [0.25, 0.3) is 11.4 Å². The minimum Gasteiger partial charge on any atom is -0.496 e. The van der Waals surface area contributed by atoms with Crippen molar-refractivity contribution in [2.24, 2.45) is 5.73 Å². The molecule has 0 aliphatic carbocycles. The van der Waals surface area contributed by atoms with Crippen molar-refractivity contribution in [3.63, 3.8) is 0 Å². The number of rotatable bonds is 5. The molecule has 1 heterocycles. The normalized spacial score (nSPS) is 14.1. The predicted octanol–water partition coefficient (Wildman–Crippen LogP) is 2.68. The Kier molecular flexibility index (Phi) is 4.09. The molecule has 0 spiro atoms. The van der Waals surface area contributed by atoms with Gasteiger partial charge < -0.3 is 15.0 Å². The summed E-state index contributed by atoms with van der Waals surface area (Å²) in [5, 5.41) is 4.07. The summed E-state index contributed by atoms with van der Waals surface area (Å²) in [6, 6.07) is 5.89. The fraction of sp³-hybridized carbons (Fsp3) is 0.467. The van der Waals surface area contributed by atoms with Gasteiger partial charge in [-0.1, -0.05) is 18.1 Å². The Hall–Kier alpha value is -1.88. The molecule has 5 nitrogen and oxygen atoms in total. The van der Waals surface area contributed by atoms with Gasteiger partial charge in [-0.15, -0.1) is 0 Å². The summed E-state index contributed by atoms with van der Waals surface area (Å²) in [5.74, 6) is 1.84. The smallest absolute Gasteiger partial charge is 0.234 e. The van der Waals surface area contributed by atoms with Crippen molar-refractivity contribution >= 4 is 0 Å². The first kappa shape index (κ1) is 14.5. The van der Waals surface area contributed by atoms with E-state index in [9.17, 15) is 0 Å². The van der Waals surface area contributed by atoms with Gasteiger partial charge in [-0.05, 0) is 38.0 Å². The summed E-state index contributed by atoms with van der Waals surface area (Å²) in [7, 11) is 1.63. The zero-order valence-corrected chi connectivity index (χ0v) is 12.4. The van der Waals surface area contributed by atoms with Crippen LogP contribution in [0.5, 0.6) is 5.75 Å². The molecule has 2 rings (SSSR count). The van der Waals surface area contributed by atoms with Crippen LogP contribution in [0.1, 0.15) is 31.7 Å². The summed E-state index contributed by atoms with van der Waals surface area (Å²) in [4.78, 5) is 4.49.